The smallest absolute Gasteiger partial charge is 0.240 e. The Morgan fingerprint density at radius 2 is 2.06 bits per heavy atom. The maximum absolute atomic E-state index is 12.0. The van der Waals surface area contributed by atoms with Crippen LogP contribution in [0.4, 0.5) is 0 Å². The number of ether oxygens (including phenoxy) is 1. The quantitative estimate of drug-likeness (QED) is 0.886. The highest BCUT2D eigenvalue weighted by Gasteiger charge is 2.28. The van der Waals surface area contributed by atoms with Gasteiger partial charge in [-0.25, -0.2) is 13.1 Å². The summed E-state index contributed by atoms with van der Waals surface area (Å²) < 4.78 is 32.3. The first-order valence-corrected chi connectivity index (χ1v) is 7.78. The Morgan fingerprint density at radius 3 is 2.72 bits per heavy atom. The molecule has 0 aliphatic carbocycles. The Labute approximate surface area is 108 Å². The number of hydrogen-bond acceptors (Lipinski definition) is 3. The third-order valence-corrected chi connectivity index (χ3v) is 4.78. The van der Waals surface area contributed by atoms with E-state index < -0.39 is 10.0 Å². The van der Waals surface area contributed by atoms with Crippen LogP contribution in [0, 0.1) is 5.92 Å². The van der Waals surface area contributed by atoms with E-state index >= 15 is 0 Å². The fraction of sp³-hybridized carbons (Fsp3) is 0.538. The molecule has 0 radical (unpaired) electrons. The van der Waals surface area contributed by atoms with Crippen molar-refractivity contribution in [2.24, 2.45) is 5.92 Å². The van der Waals surface area contributed by atoms with Gasteiger partial charge < -0.3 is 4.74 Å². The van der Waals surface area contributed by atoms with Crippen molar-refractivity contribution in [1.29, 1.82) is 0 Å². The monoisotopic (exact) mass is 269 g/mol. The zero-order valence-electron chi connectivity index (χ0n) is 10.5. The lowest BCUT2D eigenvalue weighted by Crippen LogP contribution is -2.32. The van der Waals surface area contributed by atoms with Crippen molar-refractivity contribution in [3.05, 3.63) is 30.3 Å². The molecule has 5 heteroatoms. The minimum atomic E-state index is -3.38. The van der Waals surface area contributed by atoms with Crippen molar-refractivity contribution in [3.8, 4) is 0 Å². The fourth-order valence-electron chi connectivity index (χ4n) is 2.28. The van der Waals surface area contributed by atoms with Gasteiger partial charge in [-0.05, 0) is 25.0 Å². The molecular formula is C13H19NO3S. The predicted molar refractivity (Wildman–Crippen MR) is 69.8 cm³/mol. The molecule has 1 aliphatic heterocycles. The summed E-state index contributed by atoms with van der Waals surface area (Å²) in [6, 6.07) is 8.46. The molecule has 1 aromatic rings. The van der Waals surface area contributed by atoms with Gasteiger partial charge in [0.15, 0.2) is 0 Å². The van der Waals surface area contributed by atoms with E-state index in [1.165, 1.54) is 0 Å². The number of benzene rings is 1. The molecule has 2 unspecified atom stereocenters. The van der Waals surface area contributed by atoms with Crippen molar-refractivity contribution >= 4 is 10.0 Å². The third-order valence-electron chi connectivity index (χ3n) is 3.34. The van der Waals surface area contributed by atoms with Crippen molar-refractivity contribution in [2.45, 2.75) is 30.8 Å². The van der Waals surface area contributed by atoms with E-state index in [1.54, 1.807) is 30.3 Å². The highest BCUT2D eigenvalue weighted by molar-refractivity contribution is 7.89. The normalized spacial score (nSPS) is 24.3. The molecule has 0 bridgehead atoms. The SMILES string of the molecule is CCC1OCCC1CNS(=O)(=O)c1ccccc1. The van der Waals surface area contributed by atoms with Crippen LogP contribution in [0.3, 0.4) is 0 Å². The molecule has 100 valence electrons. The summed E-state index contributed by atoms with van der Waals surface area (Å²) in [5.41, 5.74) is 0. The van der Waals surface area contributed by atoms with Gasteiger partial charge in [0.05, 0.1) is 11.0 Å². The van der Waals surface area contributed by atoms with Crippen molar-refractivity contribution in [1.82, 2.24) is 4.72 Å². The van der Waals surface area contributed by atoms with Gasteiger partial charge in [0.25, 0.3) is 0 Å². The Balaban J connectivity index is 1.98. The molecule has 0 aromatic heterocycles. The first-order valence-electron chi connectivity index (χ1n) is 6.30. The maximum atomic E-state index is 12.0. The van der Waals surface area contributed by atoms with E-state index in [4.69, 9.17) is 4.74 Å². The van der Waals surface area contributed by atoms with E-state index in [0.717, 1.165) is 19.4 Å². The lowest BCUT2D eigenvalue weighted by molar-refractivity contribution is 0.0884. The zero-order valence-corrected chi connectivity index (χ0v) is 11.3. The van der Waals surface area contributed by atoms with E-state index in [9.17, 15) is 8.42 Å². The third kappa shape index (κ3) is 3.10. The average molecular weight is 269 g/mol. The molecule has 18 heavy (non-hydrogen) atoms. The lowest BCUT2D eigenvalue weighted by Gasteiger charge is -2.17. The van der Waals surface area contributed by atoms with Crippen LogP contribution in [-0.4, -0.2) is 27.7 Å². The Morgan fingerprint density at radius 1 is 1.33 bits per heavy atom. The maximum Gasteiger partial charge on any atom is 0.240 e. The summed E-state index contributed by atoms with van der Waals surface area (Å²) in [4.78, 5) is 0.317. The summed E-state index contributed by atoms with van der Waals surface area (Å²) in [5, 5.41) is 0. The van der Waals surface area contributed by atoms with Gasteiger partial charge in [-0.3, -0.25) is 0 Å². The van der Waals surface area contributed by atoms with Crippen LogP contribution < -0.4 is 4.72 Å². The lowest BCUT2D eigenvalue weighted by atomic mass is 10.0. The molecule has 0 spiro atoms. The standard InChI is InChI=1S/C13H19NO3S/c1-2-13-11(8-9-17-13)10-14-18(15,16)12-6-4-3-5-7-12/h3-7,11,13-14H,2,8-10H2,1H3. The van der Waals surface area contributed by atoms with Gasteiger partial charge in [0.2, 0.25) is 10.0 Å². The van der Waals surface area contributed by atoms with E-state index in [-0.39, 0.29) is 12.0 Å². The molecule has 1 aliphatic rings. The van der Waals surface area contributed by atoms with E-state index in [2.05, 4.69) is 11.6 Å². The fourth-order valence-corrected chi connectivity index (χ4v) is 3.39. The molecule has 0 amide bonds. The van der Waals surface area contributed by atoms with Crippen LogP contribution in [0.1, 0.15) is 19.8 Å². The molecular weight excluding hydrogens is 250 g/mol. The molecule has 2 atom stereocenters. The first-order chi connectivity index (χ1) is 8.63. The van der Waals surface area contributed by atoms with Gasteiger partial charge >= 0.3 is 0 Å². The van der Waals surface area contributed by atoms with Crippen LogP contribution >= 0.6 is 0 Å². The number of rotatable bonds is 5. The molecule has 0 saturated carbocycles. The first kappa shape index (κ1) is 13.5. The van der Waals surface area contributed by atoms with Crippen LogP contribution in [0.2, 0.25) is 0 Å². The second-order valence-electron chi connectivity index (χ2n) is 4.53. The van der Waals surface area contributed by atoms with Gasteiger partial charge in [-0.2, -0.15) is 0 Å². The van der Waals surface area contributed by atoms with Crippen molar-refractivity contribution in [3.63, 3.8) is 0 Å². The van der Waals surface area contributed by atoms with Crippen LogP contribution in [0.25, 0.3) is 0 Å². The van der Waals surface area contributed by atoms with Crippen molar-refractivity contribution in [2.75, 3.05) is 13.2 Å². The number of sulfonamides is 1. The zero-order chi connectivity index (χ0) is 13.0. The predicted octanol–water partition coefficient (Wildman–Crippen LogP) is 1.78. The second kappa shape index (κ2) is 5.82. The molecule has 1 saturated heterocycles. The highest BCUT2D eigenvalue weighted by Crippen LogP contribution is 2.23. The van der Waals surface area contributed by atoms with Crippen LogP contribution in [0.5, 0.6) is 0 Å². The van der Waals surface area contributed by atoms with Gasteiger partial charge in [-0.1, -0.05) is 25.1 Å². The summed E-state index contributed by atoms with van der Waals surface area (Å²) in [6.07, 6.45) is 2.04. The average Bonchev–Trinajstić information content (AvgIpc) is 2.85. The molecule has 1 aromatic carbocycles. The highest BCUT2D eigenvalue weighted by atomic mass is 32.2. The van der Waals surface area contributed by atoms with Crippen LogP contribution in [0.15, 0.2) is 35.2 Å². The van der Waals surface area contributed by atoms with Gasteiger partial charge in [0, 0.05) is 19.1 Å². The number of nitrogens with one attached hydrogen (secondary N) is 1. The Kier molecular flexibility index (Phi) is 4.37. The summed E-state index contributed by atoms with van der Waals surface area (Å²) in [6.45, 7) is 3.25. The molecule has 2 rings (SSSR count). The topological polar surface area (TPSA) is 55.4 Å². The van der Waals surface area contributed by atoms with Gasteiger partial charge in [-0.15, -0.1) is 0 Å². The van der Waals surface area contributed by atoms with Crippen molar-refractivity contribution < 1.29 is 13.2 Å². The number of hydrogen-bond donors (Lipinski definition) is 1. The molecule has 1 heterocycles. The molecule has 1 N–H and O–H groups in total. The summed E-state index contributed by atoms with van der Waals surface area (Å²) in [7, 11) is -3.38. The largest absolute Gasteiger partial charge is 0.378 e. The minimum absolute atomic E-state index is 0.184. The van der Waals surface area contributed by atoms with E-state index in [0.29, 0.717) is 11.4 Å². The van der Waals surface area contributed by atoms with E-state index in [1.807, 2.05) is 0 Å². The Bertz CT molecular complexity index is 472. The van der Waals surface area contributed by atoms with Gasteiger partial charge in [0.1, 0.15) is 0 Å². The summed E-state index contributed by atoms with van der Waals surface area (Å²) in [5.74, 6) is 0.286. The minimum Gasteiger partial charge on any atom is -0.378 e. The summed E-state index contributed by atoms with van der Waals surface area (Å²) >= 11 is 0. The molecule has 1 fully saturated rings. The van der Waals surface area contributed by atoms with Crippen LogP contribution in [-0.2, 0) is 14.8 Å². The Hall–Kier alpha value is -0.910. The molecule has 4 nitrogen and oxygen atoms in total. The second-order valence-corrected chi connectivity index (χ2v) is 6.30.